The minimum absolute atomic E-state index is 0.0486. The molecule has 3 rings (SSSR count). The van der Waals surface area contributed by atoms with Crippen molar-refractivity contribution >= 4 is 52.4 Å². The predicted molar refractivity (Wildman–Crippen MR) is 116 cm³/mol. The molecule has 0 saturated carbocycles. The maximum absolute atomic E-state index is 12.4. The Balaban J connectivity index is 1.58. The van der Waals surface area contributed by atoms with Gasteiger partial charge in [0.2, 0.25) is 5.91 Å². The second-order valence-electron chi connectivity index (χ2n) is 6.70. The number of halogens is 2. The Morgan fingerprint density at radius 1 is 1.16 bits per heavy atom. The van der Waals surface area contributed by atoms with Gasteiger partial charge in [0, 0.05) is 19.0 Å². The SMILES string of the molecule is COc1ccc(OC)c(NC(=O)COC(=O)[C@@H]2CC(=O)N(c3cccc(Cl)c3Cl)C2)c1. The number of amides is 2. The zero-order valence-corrected chi connectivity index (χ0v) is 18.3. The van der Waals surface area contributed by atoms with Crippen LogP contribution >= 0.6 is 23.2 Å². The fraction of sp³-hybridized carbons (Fsp3) is 0.286. The van der Waals surface area contributed by atoms with Crippen molar-refractivity contribution in [3.8, 4) is 11.5 Å². The van der Waals surface area contributed by atoms with Gasteiger partial charge in [-0.1, -0.05) is 29.3 Å². The lowest BCUT2D eigenvalue weighted by atomic mass is 10.1. The van der Waals surface area contributed by atoms with Crippen molar-refractivity contribution in [2.24, 2.45) is 5.92 Å². The van der Waals surface area contributed by atoms with E-state index < -0.39 is 24.4 Å². The van der Waals surface area contributed by atoms with E-state index in [1.165, 1.54) is 19.1 Å². The maximum atomic E-state index is 12.4. The van der Waals surface area contributed by atoms with E-state index in [4.69, 9.17) is 37.4 Å². The molecule has 164 valence electrons. The van der Waals surface area contributed by atoms with Crippen LogP contribution in [0.25, 0.3) is 0 Å². The van der Waals surface area contributed by atoms with Gasteiger partial charge in [-0.15, -0.1) is 0 Å². The van der Waals surface area contributed by atoms with Gasteiger partial charge < -0.3 is 24.4 Å². The molecule has 31 heavy (non-hydrogen) atoms. The first-order valence-corrected chi connectivity index (χ1v) is 10.0. The molecule has 0 spiro atoms. The number of carbonyl (C=O) groups excluding carboxylic acids is 3. The molecule has 1 aliphatic rings. The highest BCUT2D eigenvalue weighted by atomic mass is 35.5. The number of carbonyl (C=O) groups is 3. The van der Waals surface area contributed by atoms with Gasteiger partial charge in [0.1, 0.15) is 11.5 Å². The summed E-state index contributed by atoms with van der Waals surface area (Å²) in [5, 5.41) is 3.15. The van der Waals surface area contributed by atoms with E-state index >= 15 is 0 Å². The molecule has 0 aliphatic carbocycles. The summed E-state index contributed by atoms with van der Waals surface area (Å²) in [6, 6.07) is 9.83. The third-order valence-corrected chi connectivity index (χ3v) is 5.52. The van der Waals surface area contributed by atoms with Crippen molar-refractivity contribution in [1.82, 2.24) is 0 Å². The zero-order valence-electron chi connectivity index (χ0n) is 16.8. The van der Waals surface area contributed by atoms with Crippen LogP contribution in [0.4, 0.5) is 11.4 Å². The van der Waals surface area contributed by atoms with Gasteiger partial charge in [0.05, 0.1) is 41.6 Å². The maximum Gasteiger partial charge on any atom is 0.311 e. The molecule has 2 aromatic rings. The van der Waals surface area contributed by atoms with Crippen molar-refractivity contribution < 1.29 is 28.6 Å². The number of methoxy groups -OCH3 is 2. The van der Waals surface area contributed by atoms with E-state index in [-0.39, 0.29) is 23.9 Å². The molecule has 0 radical (unpaired) electrons. The standard InChI is InChI=1S/C21H20Cl2N2O6/c1-29-13-6-7-17(30-2)15(9-13)24-18(26)11-31-21(28)12-8-19(27)25(10-12)16-5-3-4-14(22)20(16)23/h3-7,9,12H,8,10-11H2,1-2H3,(H,24,26)/t12-/m1/s1. The second kappa shape index (κ2) is 9.89. The highest BCUT2D eigenvalue weighted by Gasteiger charge is 2.37. The zero-order chi connectivity index (χ0) is 22.5. The molecule has 1 N–H and O–H groups in total. The molecule has 1 heterocycles. The molecule has 1 atom stereocenters. The molecule has 1 aliphatic heterocycles. The summed E-state index contributed by atoms with van der Waals surface area (Å²) in [6.07, 6.45) is -0.0486. The Hall–Kier alpha value is -2.97. The molecule has 10 heteroatoms. The second-order valence-corrected chi connectivity index (χ2v) is 7.49. The largest absolute Gasteiger partial charge is 0.497 e. The van der Waals surface area contributed by atoms with Crippen LogP contribution < -0.4 is 19.7 Å². The molecule has 2 aromatic carbocycles. The molecule has 1 saturated heterocycles. The number of nitrogens with zero attached hydrogens (tertiary/aromatic N) is 1. The summed E-state index contributed by atoms with van der Waals surface area (Å²) in [4.78, 5) is 38.4. The Bertz CT molecular complexity index is 1010. The molecule has 1 fully saturated rings. The first-order valence-electron chi connectivity index (χ1n) is 9.27. The number of nitrogens with one attached hydrogen (secondary N) is 1. The van der Waals surface area contributed by atoms with Crippen LogP contribution in [0, 0.1) is 5.92 Å². The summed E-state index contributed by atoms with van der Waals surface area (Å²) in [5.74, 6) is -1.26. The van der Waals surface area contributed by atoms with Crippen LogP contribution in [0.2, 0.25) is 10.0 Å². The molecule has 8 nitrogen and oxygen atoms in total. The van der Waals surface area contributed by atoms with Crippen molar-refractivity contribution in [3.63, 3.8) is 0 Å². The molecular weight excluding hydrogens is 447 g/mol. The number of rotatable bonds is 7. The summed E-state index contributed by atoms with van der Waals surface area (Å²) < 4.78 is 15.4. The smallest absolute Gasteiger partial charge is 0.311 e. The van der Waals surface area contributed by atoms with E-state index in [2.05, 4.69) is 5.32 Å². The Morgan fingerprint density at radius 3 is 2.65 bits per heavy atom. The average Bonchev–Trinajstić information content (AvgIpc) is 3.15. The van der Waals surface area contributed by atoms with E-state index in [1.807, 2.05) is 0 Å². The molecule has 0 bridgehead atoms. The van der Waals surface area contributed by atoms with Crippen LogP contribution in [-0.4, -0.2) is 45.2 Å². The fourth-order valence-corrected chi connectivity index (χ4v) is 3.55. The highest BCUT2D eigenvalue weighted by Crippen LogP contribution is 2.36. The van der Waals surface area contributed by atoms with Gasteiger partial charge in [0.15, 0.2) is 6.61 Å². The average molecular weight is 467 g/mol. The van der Waals surface area contributed by atoms with Crippen molar-refractivity contribution in [3.05, 3.63) is 46.4 Å². The quantitative estimate of drug-likeness (QED) is 0.627. The molecule has 0 aromatic heterocycles. The predicted octanol–water partition coefficient (Wildman–Crippen LogP) is 3.55. The number of ether oxygens (including phenoxy) is 3. The van der Waals surface area contributed by atoms with Gasteiger partial charge in [-0.2, -0.15) is 0 Å². The van der Waals surface area contributed by atoms with Gasteiger partial charge >= 0.3 is 5.97 Å². The summed E-state index contributed by atoms with van der Waals surface area (Å²) in [6.45, 7) is -0.426. The number of benzene rings is 2. The van der Waals surface area contributed by atoms with E-state index in [1.54, 1.807) is 36.4 Å². The number of esters is 1. The van der Waals surface area contributed by atoms with Gasteiger partial charge in [-0.3, -0.25) is 14.4 Å². The molecular formula is C21H20Cl2N2O6. The Morgan fingerprint density at radius 2 is 1.94 bits per heavy atom. The third kappa shape index (κ3) is 5.21. The van der Waals surface area contributed by atoms with Gasteiger partial charge in [0.25, 0.3) is 5.91 Å². The number of hydrogen-bond donors (Lipinski definition) is 1. The van der Waals surface area contributed by atoms with Crippen LogP contribution in [0.3, 0.4) is 0 Å². The molecule has 2 amide bonds. The highest BCUT2D eigenvalue weighted by molar-refractivity contribution is 6.44. The minimum atomic E-state index is -0.721. The normalized spacial score (nSPS) is 15.5. The summed E-state index contributed by atoms with van der Waals surface area (Å²) in [7, 11) is 2.96. The third-order valence-electron chi connectivity index (χ3n) is 4.71. The lowest BCUT2D eigenvalue weighted by Crippen LogP contribution is -2.28. The van der Waals surface area contributed by atoms with E-state index in [0.29, 0.717) is 27.9 Å². The monoisotopic (exact) mass is 466 g/mol. The molecule has 0 unspecified atom stereocenters. The summed E-state index contributed by atoms with van der Waals surface area (Å²) >= 11 is 12.2. The summed E-state index contributed by atoms with van der Waals surface area (Å²) in [5.41, 5.74) is 0.804. The van der Waals surface area contributed by atoms with Crippen molar-refractivity contribution in [1.29, 1.82) is 0 Å². The van der Waals surface area contributed by atoms with Gasteiger partial charge in [-0.05, 0) is 24.3 Å². The fourth-order valence-electron chi connectivity index (χ4n) is 3.15. The topological polar surface area (TPSA) is 94.2 Å². The van der Waals surface area contributed by atoms with Crippen molar-refractivity contribution in [2.45, 2.75) is 6.42 Å². The first kappa shape index (κ1) is 22.7. The van der Waals surface area contributed by atoms with Crippen LogP contribution in [0.15, 0.2) is 36.4 Å². The lowest BCUT2D eigenvalue weighted by Gasteiger charge is -2.18. The Labute approximate surface area is 189 Å². The Kier molecular flexibility index (Phi) is 7.25. The van der Waals surface area contributed by atoms with Crippen molar-refractivity contribution in [2.75, 3.05) is 37.6 Å². The van der Waals surface area contributed by atoms with E-state index in [0.717, 1.165) is 0 Å². The number of hydrogen-bond acceptors (Lipinski definition) is 6. The van der Waals surface area contributed by atoms with Gasteiger partial charge in [-0.25, -0.2) is 0 Å². The first-order chi connectivity index (χ1) is 14.8. The number of anilines is 2. The minimum Gasteiger partial charge on any atom is -0.497 e. The lowest BCUT2D eigenvalue weighted by molar-refractivity contribution is -0.151. The van der Waals surface area contributed by atoms with Crippen LogP contribution in [-0.2, 0) is 19.1 Å². The van der Waals surface area contributed by atoms with E-state index in [9.17, 15) is 14.4 Å². The van der Waals surface area contributed by atoms with Crippen LogP contribution in [0.1, 0.15) is 6.42 Å². The van der Waals surface area contributed by atoms with Crippen LogP contribution in [0.5, 0.6) is 11.5 Å².